The Morgan fingerprint density at radius 3 is 2.56 bits per heavy atom. The summed E-state index contributed by atoms with van der Waals surface area (Å²) in [5.41, 5.74) is 2.49. The first kappa shape index (κ1) is 12.6. The predicted molar refractivity (Wildman–Crippen MR) is 72.2 cm³/mol. The van der Waals surface area contributed by atoms with Gasteiger partial charge in [0.05, 0.1) is 11.7 Å². The van der Waals surface area contributed by atoms with Crippen molar-refractivity contribution in [1.82, 2.24) is 18.7 Å². The quantitative estimate of drug-likeness (QED) is 0.721. The van der Waals surface area contributed by atoms with E-state index in [9.17, 15) is 0 Å². The van der Waals surface area contributed by atoms with Gasteiger partial charge >= 0.3 is 0 Å². The third-order valence-electron chi connectivity index (χ3n) is 2.46. The maximum Gasteiger partial charge on any atom is 0.212 e. The van der Waals surface area contributed by atoms with Gasteiger partial charge in [0.2, 0.25) is 5.65 Å². The van der Waals surface area contributed by atoms with Crippen LogP contribution in [0.3, 0.4) is 0 Å². The van der Waals surface area contributed by atoms with E-state index in [1.54, 1.807) is 0 Å². The summed E-state index contributed by atoms with van der Waals surface area (Å²) in [6, 6.07) is 4.06. The van der Waals surface area contributed by atoms with Crippen molar-refractivity contribution >= 4 is 23.0 Å². The zero-order valence-corrected chi connectivity index (χ0v) is 11.5. The minimum absolute atomic E-state index is 0.687. The summed E-state index contributed by atoms with van der Waals surface area (Å²) in [4.78, 5) is 7.52. The number of pyridine rings is 1. The molecule has 0 spiro atoms. The number of imidazole rings is 1. The van der Waals surface area contributed by atoms with Crippen molar-refractivity contribution in [2.45, 2.75) is 27.3 Å². The fourth-order valence-corrected chi connectivity index (χ4v) is 2.00. The zero-order chi connectivity index (χ0) is 13.0. The Balaban J connectivity index is 0.000000574. The molecule has 94 valence electrons. The summed E-state index contributed by atoms with van der Waals surface area (Å²) < 4.78 is 10.3. The van der Waals surface area contributed by atoms with Crippen LogP contribution in [0, 0.1) is 0 Å². The molecule has 1 N–H and O–H groups in total. The number of aromatic nitrogens is 5. The van der Waals surface area contributed by atoms with E-state index in [-0.39, 0.29) is 0 Å². The Kier molecular flexibility index (Phi) is 3.99. The molecule has 0 unspecified atom stereocenters. The molecule has 6 heteroatoms. The van der Waals surface area contributed by atoms with E-state index in [0.717, 1.165) is 23.6 Å². The standard InChI is InChI=1S/C10H10N5S.C2H6/c1-2-15-5-3-7(4-6-15)8-11-9-10(12-8)14-16-13-9;1-2/h3-6H,2H2,1H3,(H,11,12,13,14);1-2H3/q+1;. The van der Waals surface area contributed by atoms with Gasteiger partial charge in [0.1, 0.15) is 12.4 Å². The van der Waals surface area contributed by atoms with E-state index in [0.29, 0.717) is 5.65 Å². The summed E-state index contributed by atoms with van der Waals surface area (Å²) >= 11 is 1.17. The van der Waals surface area contributed by atoms with Crippen LogP contribution in [-0.2, 0) is 6.54 Å². The lowest BCUT2D eigenvalue weighted by Crippen LogP contribution is -2.30. The molecule has 3 rings (SSSR count). The van der Waals surface area contributed by atoms with Gasteiger partial charge in [-0.2, -0.15) is 8.75 Å². The summed E-state index contributed by atoms with van der Waals surface area (Å²) in [6.07, 6.45) is 4.07. The van der Waals surface area contributed by atoms with Crippen LogP contribution in [-0.4, -0.2) is 18.7 Å². The zero-order valence-electron chi connectivity index (χ0n) is 10.7. The molecule has 0 atom stereocenters. The lowest BCUT2D eigenvalue weighted by Gasteiger charge is -1.94. The van der Waals surface area contributed by atoms with Gasteiger partial charge < -0.3 is 4.98 Å². The molecule has 18 heavy (non-hydrogen) atoms. The average Bonchev–Trinajstić information content (AvgIpc) is 3.02. The molecule has 0 aliphatic carbocycles. The van der Waals surface area contributed by atoms with Gasteiger partial charge in [-0.1, -0.05) is 13.8 Å². The molecule has 3 aromatic rings. The van der Waals surface area contributed by atoms with Crippen molar-refractivity contribution in [1.29, 1.82) is 0 Å². The summed E-state index contributed by atoms with van der Waals surface area (Å²) in [6.45, 7) is 7.08. The summed E-state index contributed by atoms with van der Waals surface area (Å²) in [7, 11) is 0. The number of aromatic amines is 1. The van der Waals surface area contributed by atoms with Gasteiger partial charge in [-0.05, 0) is 6.92 Å². The lowest BCUT2D eigenvalue weighted by atomic mass is 10.2. The van der Waals surface area contributed by atoms with Gasteiger partial charge in [-0.25, -0.2) is 9.55 Å². The average molecular weight is 262 g/mol. The lowest BCUT2D eigenvalue weighted by molar-refractivity contribution is -0.693. The normalized spacial score (nSPS) is 10.2. The predicted octanol–water partition coefficient (Wildman–Crippen LogP) is 2.42. The topological polar surface area (TPSA) is 58.3 Å². The number of hydrogen-bond donors (Lipinski definition) is 1. The minimum atomic E-state index is 0.687. The number of fused-ring (bicyclic) bond motifs is 1. The molecule has 0 fully saturated rings. The fraction of sp³-hybridized carbons (Fsp3) is 0.333. The van der Waals surface area contributed by atoms with Crippen molar-refractivity contribution in [3.8, 4) is 11.4 Å². The SMILES string of the molecule is CC.CC[n+]1ccc(-c2nc3nsnc3[nH]2)cc1. The molecule has 3 aromatic heterocycles. The van der Waals surface area contributed by atoms with Crippen molar-refractivity contribution in [2.24, 2.45) is 0 Å². The van der Waals surface area contributed by atoms with Gasteiger partial charge in [0.15, 0.2) is 18.0 Å². The highest BCUT2D eigenvalue weighted by Gasteiger charge is 2.09. The second kappa shape index (κ2) is 5.68. The van der Waals surface area contributed by atoms with E-state index in [1.807, 2.05) is 38.4 Å². The highest BCUT2D eigenvalue weighted by molar-refractivity contribution is 7.00. The number of hydrogen-bond acceptors (Lipinski definition) is 4. The van der Waals surface area contributed by atoms with Crippen LogP contribution in [0.2, 0.25) is 0 Å². The molecule has 0 bridgehead atoms. The number of nitrogens with one attached hydrogen (secondary N) is 1. The number of H-pyrrole nitrogens is 1. The van der Waals surface area contributed by atoms with Crippen LogP contribution in [0.5, 0.6) is 0 Å². The molecule has 0 aliphatic rings. The van der Waals surface area contributed by atoms with Crippen LogP contribution < -0.4 is 4.57 Å². The Labute approximate surface area is 110 Å². The molecule has 0 radical (unpaired) electrons. The fourth-order valence-electron chi connectivity index (χ4n) is 1.54. The third-order valence-corrected chi connectivity index (χ3v) is 2.97. The maximum atomic E-state index is 4.37. The highest BCUT2D eigenvalue weighted by Crippen LogP contribution is 2.17. The van der Waals surface area contributed by atoms with Crippen LogP contribution >= 0.6 is 11.7 Å². The minimum Gasteiger partial charge on any atom is -0.320 e. The summed E-state index contributed by atoms with van der Waals surface area (Å²) in [5, 5.41) is 0. The van der Waals surface area contributed by atoms with Crippen molar-refractivity contribution < 1.29 is 4.57 Å². The number of aryl methyl sites for hydroxylation is 1. The van der Waals surface area contributed by atoms with E-state index in [1.165, 1.54) is 11.7 Å². The molecule has 3 heterocycles. The Morgan fingerprint density at radius 2 is 1.94 bits per heavy atom. The van der Waals surface area contributed by atoms with Gasteiger partial charge in [0.25, 0.3) is 0 Å². The van der Waals surface area contributed by atoms with Crippen LogP contribution in [0.4, 0.5) is 0 Å². The second-order valence-corrected chi connectivity index (χ2v) is 3.97. The van der Waals surface area contributed by atoms with Gasteiger partial charge in [-0.15, -0.1) is 0 Å². The molecule has 5 nitrogen and oxygen atoms in total. The van der Waals surface area contributed by atoms with E-state index < -0.39 is 0 Å². The maximum absolute atomic E-state index is 4.37. The number of nitrogens with zero attached hydrogens (tertiary/aromatic N) is 4. The smallest absolute Gasteiger partial charge is 0.212 e. The van der Waals surface area contributed by atoms with Crippen molar-refractivity contribution in [2.75, 3.05) is 0 Å². The molecule has 0 saturated carbocycles. The first-order valence-electron chi connectivity index (χ1n) is 6.04. The van der Waals surface area contributed by atoms with Crippen LogP contribution in [0.15, 0.2) is 24.5 Å². The largest absolute Gasteiger partial charge is 0.320 e. The van der Waals surface area contributed by atoms with Crippen LogP contribution in [0.1, 0.15) is 20.8 Å². The van der Waals surface area contributed by atoms with Crippen molar-refractivity contribution in [3.63, 3.8) is 0 Å². The molecular weight excluding hydrogens is 246 g/mol. The summed E-state index contributed by atoms with van der Waals surface area (Å²) in [5.74, 6) is 0.820. The van der Waals surface area contributed by atoms with Crippen LogP contribution in [0.25, 0.3) is 22.7 Å². The third kappa shape index (κ3) is 2.38. The van der Waals surface area contributed by atoms with E-state index in [2.05, 4.69) is 30.2 Å². The van der Waals surface area contributed by atoms with E-state index in [4.69, 9.17) is 0 Å². The second-order valence-electron chi connectivity index (χ2n) is 3.44. The Hall–Kier alpha value is -1.82. The monoisotopic (exact) mass is 262 g/mol. The van der Waals surface area contributed by atoms with Gasteiger partial charge in [-0.3, -0.25) is 0 Å². The molecule has 0 saturated heterocycles. The number of rotatable bonds is 2. The highest BCUT2D eigenvalue weighted by atomic mass is 32.1. The molecule has 0 amide bonds. The molecular formula is C12H16N5S+. The van der Waals surface area contributed by atoms with Crippen molar-refractivity contribution in [3.05, 3.63) is 24.5 Å². The van der Waals surface area contributed by atoms with Gasteiger partial charge in [0, 0.05) is 17.7 Å². The molecule has 0 aliphatic heterocycles. The Bertz CT molecular complexity index is 582. The molecule has 0 aromatic carbocycles. The van der Waals surface area contributed by atoms with E-state index >= 15 is 0 Å². The first-order chi connectivity index (χ1) is 8.86. The Morgan fingerprint density at radius 1 is 1.22 bits per heavy atom. The first-order valence-corrected chi connectivity index (χ1v) is 6.77.